The van der Waals surface area contributed by atoms with Crippen LogP contribution in [0.5, 0.6) is 11.5 Å². The minimum absolute atomic E-state index is 0.278. The zero-order chi connectivity index (χ0) is 17.1. The first-order chi connectivity index (χ1) is 11.6. The quantitative estimate of drug-likeness (QED) is 0.867. The van der Waals surface area contributed by atoms with Crippen LogP contribution in [0.2, 0.25) is 5.02 Å². The summed E-state index contributed by atoms with van der Waals surface area (Å²) in [7, 11) is 3.13. The first kappa shape index (κ1) is 16.1. The molecule has 1 N–H and O–H groups in total. The Bertz CT molecular complexity index is 859. The third-order valence-electron chi connectivity index (χ3n) is 3.54. The lowest BCUT2D eigenvalue weighted by Gasteiger charge is -2.07. The van der Waals surface area contributed by atoms with Crippen molar-refractivity contribution in [1.29, 1.82) is 0 Å². The van der Waals surface area contributed by atoms with E-state index in [1.807, 2.05) is 18.2 Å². The van der Waals surface area contributed by atoms with Crippen LogP contribution in [0.1, 0.15) is 11.1 Å². The van der Waals surface area contributed by atoms with Gasteiger partial charge in [0, 0.05) is 5.56 Å². The molecule has 0 unspecified atom stereocenters. The molecule has 2 aromatic carbocycles. The van der Waals surface area contributed by atoms with Gasteiger partial charge in [-0.05, 0) is 35.9 Å². The number of amides is 1. The lowest BCUT2D eigenvalue weighted by molar-refractivity contribution is -0.115. The molecule has 0 aliphatic carbocycles. The fourth-order valence-electron chi connectivity index (χ4n) is 2.35. The van der Waals surface area contributed by atoms with E-state index in [-0.39, 0.29) is 5.91 Å². The predicted octanol–water partition coefficient (Wildman–Crippen LogP) is 3.27. The molecule has 5 nitrogen and oxygen atoms in total. The molecule has 0 atom stereocenters. The topological polar surface area (TPSA) is 59.9 Å². The molecule has 0 fully saturated rings. The highest BCUT2D eigenvalue weighted by molar-refractivity contribution is 6.35. The van der Waals surface area contributed by atoms with E-state index in [4.69, 9.17) is 21.1 Å². The van der Waals surface area contributed by atoms with Gasteiger partial charge in [0.1, 0.15) is 11.5 Å². The number of aliphatic imine (C=N–C) groups is 1. The van der Waals surface area contributed by atoms with Crippen molar-refractivity contribution in [3.8, 4) is 11.5 Å². The molecule has 24 heavy (non-hydrogen) atoms. The van der Waals surface area contributed by atoms with Crippen molar-refractivity contribution >= 4 is 29.4 Å². The van der Waals surface area contributed by atoms with E-state index in [2.05, 4.69) is 10.3 Å². The minimum atomic E-state index is -0.278. The smallest absolute Gasteiger partial charge is 0.275 e. The summed E-state index contributed by atoms with van der Waals surface area (Å²) < 4.78 is 10.5. The minimum Gasteiger partial charge on any atom is -0.493 e. The zero-order valence-electron chi connectivity index (χ0n) is 13.2. The van der Waals surface area contributed by atoms with Gasteiger partial charge in [-0.3, -0.25) is 4.79 Å². The van der Waals surface area contributed by atoms with Gasteiger partial charge in [0.15, 0.2) is 11.5 Å². The van der Waals surface area contributed by atoms with Crippen LogP contribution in [0.15, 0.2) is 53.2 Å². The summed E-state index contributed by atoms with van der Waals surface area (Å²) in [4.78, 5) is 16.5. The van der Waals surface area contributed by atoms with Gasteiger partial charge >= 0.3 is 0 Å². The summed E-state index contributed by atoms with van der Waals surface area (Å²) >= 11 is 6.15. The Morgan fingerprint density at radius 2 is 1.83 bits per heavy atom. The second-order valence-electron chi connectivity index (χ2n) is 5.04. The molecule has 0 spiro atoms. The lowest BCUT2D eigenvalue weighted by Crippen LogP contribution is -2.24. The highest BCUT2D eigenvalue weighted by Gasteiger charge is 2.22. The van der Waals surface area contributed by atoms with Crippen LogP contribution in [0, 0.1) is 0 Å². The number of carbonyl (C=O) groups is 1. The summed E-state index contributed by atoms with van der Waals surface area (Å²) in [6, 6.07) is 12.6. The molecule has 2 aromatic rings. The van der Waals surface area contributed by atoms with Gasteiger partial charge in [-0.15, -0.1) is 0 Å². The number of nitrogens with one attached hydrogen (secondary N) is 1. The first-order valence-corrected chi connectivity index (χ1v) is 7.59. The molecule has 0 saturated heterocycles. The molecular weight excluding hydrogens is 328 g/mol. The molecule has 1 aliphatic heterocycles. The second-order valence-corrected chi connectivity index (χ2v) is 5.45. The van der Waals surface area contributed by atoms with Gasteiger partial charge in [-0.25, -0.2) is 4.99 Å². The van der Waals surface area contributed by atoms with Crippen LogP contribution in [0.3, 0.4) is 0 Å². The SMILES string of the molecule is COc1ccc(/C=C2\N=C(c3ccccc3Cl)NC2=O)cc1OC. The van der Waals surface area contributed by atoms with Crippen molar-refractivity contribution < 1.29 is 14.3 Å². The lowest BCUT2D eigenvalue weighted by atomic mass is 10.1. The molecule has 3 rings (SSSR count). The van der Waals surface area contributed by atoms with Crippen LogP contribution in [-0.2, 0) is 4.79 Å². The third kappa shape index (κ3) is 3.12. The van der Waals surface area contributed by atoms with Crippen molar-refractivity contribution in [2.75, 3.05) is 14.2 Å². The molecule has 1 amide bonds. The van der Waals surface area contributed by atoms with Crippen molar-refractivity contribution in [3.63, 3.8) is 0 Å². The first-order valence-electron chi connectivity index (χ1n) is 7.21. The van der Waals surface area contributed by atoms with Gasteiger partial charge in [-0.2, -0.15) is 0 Å². The van der Waals surface area contributed by atoms with Crippen LogP contribution in [-0.4, -0.2) is 26.0 Å². The Balaban J connectivity index is 1.96. The van der Waals surface area contributed by atoms with Crippen molar-refractivity contribution in [3.05, 3.63) is 64.3 Å². The number of carbonyl (C=O) groups excluding carboxylic acids is 1. The van der Waals surface area contributed by atoms with Gasteiger partial charge < -0.3 is 14.8 Å². The number of hydrogen-bond donors (Lipinski definition) is 1. The third-order valence-corrected chi connectivity index (χ3v) is 3.87. The number of hydrogen-bond acceptors (Lipinski definition) is 4. The number of rotatable bonds is 4. The van der Waals surface area contributed by atoms with E-state index in [0.717, 1.165) is 5.56 Å². The number of amidine groups is 1. The molecule has 1 aliphatic rings. The Labute approximate surface area is 144 Å². The summed E-state index contributed by atoms with van der Waals surface area (Å²) in [5.41, 5.74) is 1.77. The van der Waals surface area contributed by atoms with E-state index < -0.39 is 0 Å². The fourth-order valence-corrected chi connectivity index (χ4v) is 2.58. The summed E-state index contributed by atoms with van der Waals surface area (Å²) in [5.74, 6) is 1.37. The van der Waals surface area contributed by atoms with Crippen molar-refractivity contribution in [2.24, 2.45) is 4.99 Å². The average molecular weight is 343 g/mol. The summed E-state index contributed by atoms with van der Waals surface area (Å²) in [6.45, 7) is 0. The largest absolute Gasteiger partial charge is 0.493 e. The molecule has 0 saturated carbocycles. The maximum absolute atomic E-state index is 12.2. The Morgan fingerprint density at radius 1 is 1.08 bits per heavy atom. The van der Waals surface area contributed by atoms with E-state index >= 15 is 0 Å². The highest BCUT2D eigenvalue weighted by atomic mass is 35.5. The maximum Gasteiger partial charge on any atom is 0.275 e. The van der Waals surface area contributed by atoms with Crippen LogP contribution in [0.4, 0.5) is 0 Å². The maximum atomic E-state index is 12.2. The van der Waals surface area contributed by atoms with Crippen LogP contribution >= 0.6 is 11.6 Å². The van der Waals surface area contributed by atoms with Crippen LogP contribution < -0.4 is 14.8 Å². The molecular formula is C18H15ClN2O3. The monoisotopic (exact) mass is 342 g/mol. The van der Waals surface area contributed by atoms with E-state index in [9.17, 15) is 4.79 Å². The number of ether oxygens (including phenoxy) is 2. The van der Waals surface area contributed by atoms with Gasteiger partial charge in [0.25, 0.3) is 5.91 Å². The van der Waals surface area contributed by atoms with E-state index in [0.29, 0.717) is 33.6 Å². The molecule has 122 valence electrons. The zero-order valence-corrected chi connectivity index (χ0v) is 13.9. The Morgan fingerprint density at radius 3 is 2.54 bits per heavy atom. The molecule has 1 heterocycles. The Kier molecular flexibility index (Phi) is 4.53. The number of methoxy groups -OCH3 is 2. The van der Waals surface area contributed by atoms with E-state index in [1.54, 1.807) is 44.6 Å². The summed E-state index contributed by atoms with van der Waals surface area (Å²) in [5, 5.41) is 3.27. The molecule has 0 aromatic heterocycles. The Hall–Kier alpha value is -2.79. The molecule has 0 bridgehead atoms. The summed E-state index contributed by atoms with van der Waals surface area (Å²) in [6.07, 6.45) is 1.68. The van der Waals surface area contributed by atoms with Crippen molar-refractivity contribution in [1.82, 2.24) is 5.32 Å². The number of halogens is 1. The highest BCUT2D eigenvalue weighted by Crippen LogP contribution is 2.29. The van der Waals surface area contributed by atoms with Gasteiger partial charge in [0.05, 0.1) is 19.2 Å². The number of benzene rings is 2. The van der Waals surface area contributed by atoms with E-state index in [1.165, 1.54) is 0 Å². The number of nitrogens with zero attached hydrogens (tertiary/aromatic N) is 1. The normalized spacial score (nSPS) is 15.2. The second kappa shape index (κ2) is 6.76. The standard InChI is InChI=1S/C18H15ClN2O3/c1-23-15-8-7-11(10-16(15)24-2)9-14-18(22)21-17(20-14)12-5-3-4-6-13(12)19/h3-10H,1-2H3,(H,20,21,22)/b14-9-. The average Bonchev–Trinajstić information content (AvgIpc) is 2.95. The van der Waals surface area contributed by atoms with Gasteiger partial charge in [-0.1, -0.05) is 29.8 Å². The molecule has 6 heteroatoms. The predicted molar refractivity (Wildman–Crippen MR) is 93.7 cm³/mol. The van der Waals surface area contributed by atoms with Crippen molar-refractivity contribution in [2.45, 2.75) is 0 Å². The van der Waals surface area contributed by atoms with Crippen LogP contribution in [0.25, 0.3) is 6.08 Å². The fraction of sp³-hybridized carbons (Fsp3) is 0.111. The molecule has 0 radical (unpaired) electrons. The van der Waals surface area contributed by atoms with Gasteiger partial charge in [0.2, 0.25) is 0 Å².